The summed E-state index contributed by atoms with van der Waals surface area (Å²) in [4.78, 5) is 11.7. The van der Waals surface area contributed by atoms with E-state index in [0.717, 1.165) is 17.4 Å². The molecule has 0 aromatic heterocycles. The molecule has 0 aliphatic heterocycles. The molecule has 0 amide bonds. The zero-order chi connectivity index (χ0) is 12.5. The molecule has 88 valence electrons. The maximum Gasteiger partial charge on any atom is 0.176 e. The zero-order valence-corrected chi connectivity index (χ0v) is 10.4. The molecule has 0 saturated heterocycles. The molecule has 5 heteroatoms. The summed E-state index contributed by atoms with van der Waals surface area (Å²) >= 11 is 0. The number of hydrogen-bond acceptors (Lipinski definition) is 4. The summed E-state index contributed by atoms with van der Waals surface area (Å²) in [6.45, 7) is 3.44. The Balaban J connectivity index is 3.51. The Labute approximate surface area is 95.4 Å². The van der Waals surface area contributed by atoms with Crippen molar-refractivity contribution in [2.45, 2.75) is 18.7 Å². The van der Waals surface area contributed by atoms with E-state index in [4.69, 9.17) is 5.73 Å². The van der Waals surface area contributed by atoms with Gasteiger partial charge >= 0.3 is 0 Å². The van der Waals surface area contributed by atoms with Crippen LogP contribution < -0.4 is 5.73 Å². The molecule has 0 bridgehead atoms. The van der Waals surface area contributed by atoms with Crippen molar-refractivity contribution >= 4 is 15.6 Å². The number of sulfone groups is 1. The van der Waals surface area contributed by atoms with Crippen molar-refractivity contribution < 1.29 is 13.2 Å². The second kappa shape index (κ2) is 4.35. The van der Waals surface area contributed by atoms with Crippen molar-refractivity contribution in [3.63, 3.8) is 0 Å². The van der Waals surface area contributed by atoms with Crippen LogP contribution in [0.4, 0.5) is 0 Å². The monoisotopic (exact) mass is 241 g/mol. The summed E-state index contributed by atoms with van der Waals surface area (Å²) < 4.78 is 22.8. The van der Waals surface area contributed by atoms with E-state index in [1.807, 2.05) is 0 Å². The minimum absolute atomic E-state index is 0.118. The van der Waals surface area contributed by atoms with Gasteiger partial charge in [0.25, 0.3) is 0 Å². The summed E-state index contributed by atoms with van der Waals surface area (Å²) in [5.41, 5.74) is 7.23. The predicted molar refractivity (Wildman–Crippen MR) is 62.4 cm³/mol. The van der Waals surface area contributed by atoms with Gasteiger partial charge < -0.3 is 5.73 Å². The third kappa shape index (κ3) is 2.48. The van der Waals surface area contributed by atoms with Crippen LogP contribution in [0.25, 0.3) is 0 Å². The molecule has 0 heterocycles. The Morgan fingerprint density at radius 3 is 2.31 bits per heavy atom. The molecule has 0 spiro atoms. The minimum Gasteiger partial charge on any atom is -0.324 e. The van der Waals surface area contributed by atoms with E-state index in [0.29, 0.717) is 5.56 Å². The highest BCUT2D eigenvalue weighted by molar-refractivity contribution is 7.90. The van der Waals surface area contributed by atoms with Crippen LogP contribution in [0.3, 0.4) is 0 Å². The number of benzene rings is 1. The van der Waals surface area contributed by atoms with E-state index in [9.17, 15) is 13.2 Å². The smallest absolute Gasteiger partial charge is 0.176 e. The summed E-state index contributed by atoms with van der Waals surface area (Å²) in [6.07, 6.45) is 1.12. The first-order chi connectivity index (χ1) is 7.27. The first kappa shape index (κ1) is 12.9. The number of carbonyl (C=O) groups excluding carboxylic acids is 1. The number of carbonyl (C=O) groups is 1. The summed E-state index contributed by atoms with van der Waals surface area (Å²) in [6, 6.07) is 2.96. The fraction of sp³-hybridized carbons (Fsp3) is 0.364. The Bertz CT molecular complexity index is 532. The normalized spacial score (nSPS) is 11.5. The van der Waals surface area contributed by atoms with Gasteiger partial charge in [0, 0.05) is 11.8 Å². The third-order valence-electron chi connectivity index (χ3n) is 2.55. The van der Waals surface area contributed by atoms with Gasteiger partial charge in [0.2, 0.25) is 0 Å². The van der Waals surface area contributed by atoms with E-state index in [2.05, 4.69) is 0 Å². The molecule has 0 unspecified atom stereocenters. The van der Waals surface area contributed by atoms with Crippen LogP contribution in [0.2, 0.25) is 0 Å². The van der Waals surface area contributed by atoms with E-state index < -0.39 is 9.84 Å². The topological polar surface area (TPSA) is 77.2 Å². The van der Waals surface area contributed by atoms with Crippen LogP contribution in [-0.4, -0.2) is 27.0 Å². The fourth-order valence-corrected chi connectivity index (χ4v) is 2.16. The predicted octanol–water partition coefficient (Wildman–Crippen LogP) is 0.848. The lowest BCUT2D eigenvalue weighted by Crippen LogP contribution is -2.16. The van der Waals surface area contributed by atoms with Crippen LogP contribution in [-0.2, 0) is 9.84 Å². The number of Topliss-reactive ketones (excluding diaryl/α,β-unsaturated/α-hetero) is 1. The van der Waals surface area contributed by atoms with Gasteiger partial charge in [-0.15, -0.1) is 0 Å². The molecule has 1 rings (SSSR count). The van der Waals surface area contributed by atoms with Gasteiger partial charge in [-0.3, -0.25) is 4.79 Å². The molecular formula is C11H15NO3S. The Hall–Kier alpha value is -1.20. The summed E-state index contributed by atoms with van der Waals surface area (Å²) in [5.74, 6) is -0.244. The first-order valence-corrected chi connectivity index (χ1v) is 6.71. The molecule has 0 atom stereocenters. The second-order valence-electron chi connectivity index (χ2n) is 3.81. The molecule has 1 aromatic carbocycles. The average Bonchev–Trinajstić information content (AvgIpc) is 2.19. The van der Waals surface area contributed by atoms with Gasteiger partial charge in [0.1, 0.15) is 0 Å². The van der Waals surface area contributed by atoms with Crippen molar-refractivity contribution in [2.75, 3.05) is 12.8 Å². The summed E-state index contributed by atoms with van der Waals surface area (Å²) in [5, 5.41) is 0. The van der Waals surface area contributed by atoms with Crippen LogP contribution in [0.15, 0.2) is 17.0 Å². The Kier molecular flexibility index (Phi) is 3.50. The zero-order valence-electron chi connectivity index (χ0n) is 9.57. The Morgan fingerprint density at radius 1 is 1.31 bits per heavy atom. The lowest BCUT2D eigenvalue weighted by Gasteiger charge is -2.09. The van der Waals surface area contributed by atoms with Crippen molar-refractivity contribution in [3.8, 4) is 0 Å². The SMILES string of the molecule is Cc1cc(S(C)(=O)=O)cc(C(=O)CN)c1C. The highest BCUT2D eigenvalue weighted by Gasteiger charge is 2.15. The van der Waals surface area contributed by atoms with Crippen LogP contribution in [0.1, 0.15) is 21.5 Å². The van der Waals surface area contributed by atoms with Gasteiger partial charge in [0.15, 0.2) is 15.6 Å². The molecule has 1 aromatic rings. The average molecular weight is 241 g/mol. The lowest BCUT2D eigenvalue weighted by atomic mass is 10.0. The highest BCUT2D eigenvalue weighted by Crippen LogP contribution is 2.20. The van der Waals surface area contributed by atoms with Crippen molar-refractivity contribution in [1.82, 2.24) is 0 Å². The maximum atomic E-state index is 11.5. The van der Waals surface area contributed by atoms with Gasteiger partial charge in [-0.2, -0.15) is 0 Å². The molecule has 0 saturated carbocycles. The van der Waals surface area contributed by atoms with Gasteiger partial charge in [-0.05, 0) is 37.1 Å². The molecule has 0 aliphatic carbocycles. The van der Waals surface area contributed by atoms with Crippen LogP contribution in [0, 0.1) is 13.8 Å². The molecule has 16 heavy (non-hydrogen) atoms. The minimum atomic E-state index is -3.30. The molecule has 0 fully saturated rings. The van der Waals surface area contributed by atoms with Gasteiger partial charge in [-0.1, -0.05) is 0 Å². The summed E-state index contributed by atoms with van der Waals surface area (Å²) in [7, 11) is -3.30. The molecule has 0 aliphatic rings. The van der Waals surface area contributed by atoms with Crippen LogP contribution >= 0.6 is 0 Å². The number of hydrogen-bond donors (Lipinski definition) is 1. The van der Waals surface area contributed by atoms with E-state index in [1.54, 1.807) is 19.9 Å². The van der Waals surface area contributed by atoms with E-state index >= 15 is 0 Å². The van der Waals surface area contributed by atoms with Crippen molar-refractivity contribution in [3.05, 3.63) is 28.8 Å². The second-order valence-corrected chi connectivity index (χ2v) is 5.83. The third-order valence-corrected chi connectivity index (χ3v) is 3.65. The number of rotatable bonds is 3. The lowest BCUT2D eigenvalue weighted by molar-refractivity contribution is 0.100. The molecular weight excluding hydrogens is 226 g/mol. The van der Waals surface area contributed by atoms with Crippen molar-refractivity contribution in [1.29, 1.82) is 0 Å². The molecule has 4 nitrogen and oxygen atoms in total. The molecule has 0 radical (unpaired) electrons. The van der Waals surface area contributed by atoms with E-state index in [-0.39, 0.29) is 17.2 Å². The maximum absolute atomic E-state index is 11.5. The largest absolute Gasteiger partial charge is 0.324 e. The fourth-order valence-electron chi connectivity index (χ4n) is 1.44. The van der Waals surface area contributed by atoms with Crippen LogP contribution in [0.5, 0.6) is 0 Å². The first-order valence-electron chi connectivity index (χ1n) is 4.82. The van der Waals surface area contributed by atoms with Gasteiger partial charge in [-0.25, -0.2) is 8.42 Å². The number of aryl methyl sites for hydroxylation is 1. The highest BCUT2D eigenvalue weighted by atomic mass is 32.2. The number of ketones is 1. The van der Waals surface area contributed by atoms with Crippen molar-refractivity contribution in [2.24, 2.45) is 5.73 Å². The quantitative estimate of drug-likeness (QED) is 0.796. The number of nitrogens with two attached hydrogens (primary N) is 1. The standard InChI is InChI=1S/C11H15NO3S/c1-7-4-9(16(3,14)15)5-10(8(7)2)11(13)6-12/h4-5H,6,12H2,1-3H3. The Morgan fingerprint density at radius 2 is 1.88 bits per heavy atom. The van der Waals surface area contributed by atoms with E-state index in [1.165, 1.54) is 6.07 Å². The van der Waals surface area contributed by atoms with Gasteiger partial charge in [0.05, 0.1) is 11.4 Å². The molecule has 2 N–H and O–H groups in total.